The van der Waals surface area contributed by atoms with E-state index in [4.69, 9.17) is 13.9 Å². The quantitative estimate of drug-likeness (QED) is 0.654. The minimum absolute atomic E-state index is 0.150. The van der Waals surface area contributed by atoms with Gasteiger partial charge in [-0.25, -0.2) is 0 Å². The molecule has 134 valence electrons. The summed E-state index contributed by atoms with van der Waals surface area (Å²) >= 11 is 0. The molecular weight excluding hydrogens is 330 g/mol. The van der Waals surface area contributed by atoms with Crippen LogP contribution in [0.1, 0.15) is 27.2 Å². The zero-order chi connectivity index (χ0) is 18.2. The van der Waals surface area contributed by atoms with Gasteiger partial charge in [0.15, 0.2) is 0 Å². The third kappa shape index (κ3) is 5.05. The first kappa shape index (κ1) is 17.9. The van der Waals surface area contributed by atoms with Gasteiger partial charge in [0, 0.05) is 18.4 Å². The van der Waals surface area contributed by atoms with Crippen LogP contribution in [0.3, 0.4) is 0 Å². The summed E-state index contributed by atoms with van der Waals surface area (Å²) in [5.41, 5.74) is 3.34. The van der Waals surface area contributed by atoms with Crippen molar-refractivity contribution in [1.82, 2.24) is 0 Å². The van der Waals surface area contributed by atoms with Crippen LogP contribution in [0.4, 0.5) is 5.69 Å². The Morgan fingerprint density at radius 1 is 0.962 bits per heavy atom. The van der Waals surface area contributed by atoms with Crippen molar-refractivity contribution in [2.45, 2.75) is 19.8 Å². The third-order valence-electron chi connectivity index (χ3n) is 3.81. The maximum atomic E-state index is 12.4. The van der Waals surface area contributed by atoms with Gasteiger partial charge in [-0.1, -0.05) is 24.3 Å². The van der Waals surface area contributed by atoms with Gasteiger partial charge in [-0.3, -0.25) is 4.79 Å². The Kier molecular flexibility index (Phi) is 6.19. The van der Waals surface area contributed by atoms with E-state index in [1.54, 1.807) is 25.5 Å². The molecule has 0 radical (unpaired) electrons. The third-order valence-corrected chi connectivity index (χ3v) is 3.81. The largest absolute Gasteiger partial charge is 0.467 e. The van der Waals surface area contributed by atoms with Crippen LogP contribution in [0, 0.1) is 0 Å². The first-order valence-electron chi connectivity index (χ1n) is 8.33. The van der Waals surface area contributed by atoms with Gasteiger partial charge in [0.1, 0.15) is 12.4 Å². The van der Waals surface area contributed by atoms with Gasteiger partial charge < -0.3 is 19.2 Å². The van der Waals surface area contributed by atoms with Crippen molar-refractivity contribution in [2.24, 2.45) is 0 Å². The minimum atomic E-state index is -0.150. The molecule has 0 bridgehead atoms. The number of nitrogens with one attached hydrogen (secondary N) is 1. The van der Waals surface area contributed by atoms with Crippen molar-refractivity contribution >= 4 is 11.6 Å². The average molecular weight is 351 g/mol. The first-order valence-corrected chi connectivity index (χ1v) is 8.33. The normalized spacial score (nSPS) is 10.7. The summed E-state index contributed by atoms with van der Waals surface area (Å²) in [7, 11) is 1.64. The Bertz CT molecular complexity index is 825. The van der Waals surface area contributed by atoms with Crippen LogP contribution in [0.25, 0.3) is 0 Å². The van der Waals surface area contributed by atoms with Gasteiger partial charge in [-0.05, 0) is 47.5 Å². The summed E-state index contributed by atoms with van der Waals surface area (Å²) in [5, 5.41) is 2.91. The highest BCUT2D eigenvalue weighted by Crippen LogP contribution is 2.15. The number of carbonyl (C=O) groups is 1. The summed E-state index contributed by atoms with van der Waals surface area (Å²) in [5.74, 6) is 0.633. The van der Waals surface area contributed by atoms with Crippen LogP contribution in [-0.4, -0.2) is 13.0 Å². The van der Waals surface area contributed by atoms with Crippen LogP contribution in [0.5, 0.6) is 0 Å². The maximum absolute atomic E-state index is 12.4. The molecule has 1 heterocycles. The Labute approximate surface area is 152 Å². The molecule has 0 saturated heterocycles. The fourth-order valence-corrected chi connectivity index (χ4v) is 2.53. The summed E-state index contributed by atoms with van der Waals surface area (Å²) in [6.45, 7) is 1.38. The van der Waals surface area contributed by atoms with E-state index in [1.165, 1.54) is 0 Å². The topological polar surface area (TPSA) is 60.7 Å². The molecule has 0 aliphatic heterocycles. The second-order valence-electron chi connectivity index (χ2n) is 5.86. The second kappa shape index (κ2) is 8.99. The van der Waals surface area contributed by atoms with E-state index in [0.29, 0.717) is 25.4 Å². The smallest absolute Gasteiger partial charge is 0.255 e. The van der Waals surface area contributed by atoms with Crippen molar-refractivity contribution in [3.63, 3.8) is 0 Å². The molecular formula is C21H21NO4. The Morgan fingerprint density at radius 2 is 1.81 bits per heavy atom. The summed E-state index contributed by atoms with van der Waals surface area (Å²) in [6, 6.07) is 18.7. The number of anilines is 1. The molecule has 2 aromatic carbocycles. The second-order valence-corrected chi connectivity index (χ2v) is 5.86. The van der Waals surface area contributed by atoms with Gasteiger partial charge in [0.2, 0.25) is 0 Å². The minimum Gasteiger partial charge on any atom is -0.467 e. The van der Waals surface area contributed by atoms with E-state index in [2.05, 4.69) is 5.32 Å². The molecule has 26 heavy (non-hydrogen) atoms. The van der Waals surface area contributed by atoms with Gasteiger partial charge in [0.05, 0.1) is 19.5 Å². The Hall–Kier alpha value is -2.89. The Morgan fingerprint density at radius 3 is 2.54 bits per heavy atom. The highest BCUT2D eigenvalue weighted by Gasteiger charge is 2.07. The van der Waals surface area contributed by atoms with E-state index >= 15 is 0 Å². The molecule has 5 nitrogen and oxygen atoms in total. The molecule has 0 aliphatic carbocycles. The van der Waals surface area contributed by atoms with E-state index in [9.17, 15) is 4.79 Å². The van der Waals surface area contributed by atoms with Crippen LogP contribution in [0.2, 0.25) is 0 Å². The average Bonchev–Trinajstić information content (AvgIpc) is 3.16. The molecule has 0 atom stereocenters. The zero-order valence-corrected chi connectivity index (χ0v) is 14.6. The van der Waals surface area contributed by atoms with Gasteiger partial charge in [0.25, 0.3) is 5.91 Å². The van der Waals surface area contributed by atoms with Crippen molar-refractivity contribution < 1.29 is 18.7 Å². The van der Waals surface area contributed by atoms with Crippen molar-refractivity contribution in [2.75, 3.05) is 12.4 Å². The van der Waals surface area contributed by atoms with E-state index in [0.717, 1.165) is 22.6 Å². The predicted octanol–water partition coefficient (Wildman–Crippen LogP) is 4.40. The molecule has 3 aromatic rings. The molecule has 0 aliphatic rings. The fraction of sp³-hybridized carbons (Fsp3) is 0.190. The van der Waals surface area contributed by atoms with Crippen LogP contribution in [-0.2, 0) is 29.3 Å². The lowest BCUT2D eigenvalue weighted by atomic mass is 10.1. The van der Waals surface area contributed by atoms with Crippen molar-refractivity contribution in [3.05, 3.63) is 89.4 Å². The van der Waals surface area contributed by atoms with E-state index in [-0.39, 0.29) is 5.91 Å². The first-order chi connectivity index (χ1) is 12.7. The molecule has 3 rings (SSSR count). The molecule has 1 N–H and O–H groups in total. The number of amides is 1. The molecule has 1 amide bonds. The number of benzene rings is 2. The molecule has 0 fully saturated rings. The predicted molar refractivity (Wildman–Crippen MR) is 98.8 cm³/mol. The number of rotatable bonds is 8. The van der Waals surface area contributed by atoms with Crippen LogP contribution >= 0.6 is 0 Å². The van der Waals surface area contributed by atoms with Crippen molar-refractivity contribution in [3.8, 4) is 0 Å². The van der Waals surface area contributed by atoms with Crippen molar-refractivity contribution in [1.29, 1.82) is 0 Å². The molecule has 5 heteroatoms. The zero-order valence-electron chi connectivity index (χ0n) is 14.6. The monoisotopic (exact) mass is 351 g/mol. The number of carbonyl (C=O) groups excluding carboxylic acids is 1. The maximum Gasteiger partial charge on any atom is 0.255 e. The molecule has 0 unspecified atom stereocenters. The summed E-state index contributed by atoms with van der Waals surface area (Å²) < 4.78 is 15.9. The summed E-state index contributed by atoms with van der Waals surface area (Å²) in [6.07, 6.45) is 1.62. The number of ether oxygens (including phenoxy) is 2. The van der Waals surface area contributed by atoms with Crippen LogP contribution in [0.15, 0.2) is 71.3 Å². The highest BCUT2D eigenvalue weighted by atomic mass is 16.5. The lowest BCUT2D eigenvalue weighted by Crippen LogP contribution is -2.12. The number of hydrogen-bond donors (Lipinski definition) is 1. The van der Waals surface area contributed by atoms with Gasteiger partial charge in [-0.15, -0.1) is 0 Å². The molecule has 0 saturated carbocycles. The van der Waals surface area contributed by atoms with E-state index in [1.807, 2.05) is 48.5 Å². The lowest BCUT2D eigenvalue weighted by Gasteiger charge is -2.08. The van der Waals surface area contributed by atoms with Crippen LogP contribution < -0.4 is 5.32 Å². The number of methoxy groups -OCH3 is 1. The molecule has 0 spiro atoms. The van der Waals surface area contributed by atoms with E-state index < -0.39 is 0 Å². The standard InChI is InChI=1S/C21H21NO4/c1-24-13-16-7-9-18(10-8-16)21(23)22-19-5-2-4-17(12-19)14-25-15-20-6-3-11-26-20/h2-12H,13-15H2,1H3,(H,22,23). The Balaban J connectivity index is 1.56. The fourth-order valence-electron chi connectivity index (χ4n) is 2.53. The number of furan rings is 1. The molecule has 1 aromatic heterocycles. The number of hydrogen-bond acceptors (Lipinski definition) is 4. The lowest BCUT2D eigenvalue weighted by molar-refractivity contribution is 0.0929. The summed E-state index contributed by atoms with van der Waals surface area (Å²) in [4.78, 5) is 12.4. The highest BCUT2D eigenvalue weighted by molar-refractivity contribution is 6.04. The SMILES string of the molecule is COCc1ccc(C(=O)Nc2cccc(COCc3ccco3)c2)cc1. The van der Waals surface area contributed by atoms with Gasteiger partial charge >= 0.3 is 0 Å². The van der Waals surface area contributed by atoms with Gasteiger partial charge in [-0.2, -0.15) is 0 Å².